The van der Waals surface area contributed by atoms with Gasteiger partial charge in [-0.2, -0.15) is 9.77 Å². The van der Waals surface area contributed by atoms with Crippen LogP contribution in [0, 0.1) is 0 Å². The number of sulfonamides is 1. The maximum Gasteiger partial charge on any atom is 0.358 e. The van der Waals surface area contributed by atoms with Crippen LogP contribution in [0.25, 0.3) is 22.2 Å². The minimum absolute atomic E-state index is 0.0475. The molecule has 1 N–H and O–H groups in total. The van der Waals surface area contributed by atoms with Crippen LogP contribution in [-0.2, 0) is 28.3 Å². The highest BCUT2D eigenvalue weighted by atomic mass is 32.2. The van der Waals surface area contributed by atoms with Crippen LogP contribution in [0.2, 0.25) is 0 Å². The van der Waals surface area contributed by atoms with Crippen molar-refractivity contribution in [3.63, 3.8) is 0 Å². The summed E-state index contributed by atoms with van der Waals surface area (Å²) in [4.78, 5) is 51.3. The molecule has 12 heteroatoms. The minimum atomic E-state index is -4.34. The molecule has 0 aliphatic rings. The van der Waals surface area contributed by atoms with E-state index in [0.717, 1.165) is 24.0 Å². The van der Waals surface area contributed by atoms with Gasteiger partial charge in [-0.3, -0.25) is 19.1 Å². The molecule has 0 fully saturated rings. The number of nitrogens with one attached hydrogen (secondary N) is 1. The van der Waals surface area contributed by atoms with Crippen molar-refractivity contribution in [1.29, 1.82) is 0 Å². The fraction of sp³-hybridized carbons (Fsp3) is 0.316. The number of nitrogens with zero attached hydrogens (tertiary/aromatic N) is 4. The molecule has 3 aromatic rings. The second-order valence-corrected chi connectivity index (χ2v) is 8.75. The average molecular weight is 447 g/mol. The SMILES string of the molecule is CCc1cc2c(cc1-c1ccnn1C)c(=O)n(NS(=O)(=O)CC(C)=O)c(=O)n2C(C)=O. The molecule has 2 aromatic heterocycles. The van der Waals surface area contributed by atoms with Gasteiger partial charge in [0.05, 0.1) is 16.6 Å². The number of ketones is 1. The first-order valence-corrected chi connectivity index (χ1v) is 11.0. The number of hydrogen-bond acceptors (Lipinski definition) is 7. The molecule has 0 spiro atoms. The molecule has 0 unspecified atom stereocenters. The number of fused-ring (bicyclic) bond motifs is 1. The second-order valence-electron chi connectivity index (χ2n) is 7.05. The first-order valence-electron chi connectivity index (χ1n) is 9.30. The van der Waals surface area contributed by atoms with E-state index in [-0.39, 0.29) is 15.6 Å². The zero-order valence-corrected chi connectivity index (χ0v) is 18.2. The molecule has 2 heterocycles. The van der Waals surface area contributed by atoms with Gasteiger partial charge in [0, 0.05) is 25.7 Å². The van der Waals surface area contributed by atoms with Gasteiger partial charge >= 0.3 is 5.69 Å². The highest BCUT2D eigenvalue weighted by Crippen LogP contribution is 2.27. The Balaban J connectivity index is 2.42. The third-order valence-corrected chi connectivity index (χ3v) is 5.94. The van der Waals surface area contributed by atoms with E-state index in [1.807, 2.05) is 11.8 Å². The van der Waals surface area contributed by atoms with Crippen LogP contribution in [0.15, 0.2) is 34.0 Å². The summed E-state index contributed by atoms with van der Waals surface area (Å²) in [6, 6.07) is 4.81. The van der Waals surface area contributed by atoms with Gasteiger partial charge in [0.1, 0.15) is 11.5 Å². The summed E-state index contributed by atoms with van der Waals surface area (Å²) < 4.78 is 27.0. The van der Waals surface area contributed by atoms with Crippen LogP contribution in [0.1, 0.15) is 31.1 Å². The third kappa shape index (κ3) is 4.06. The van der Waals surface area contributed by atoms with Gasteiger partial charge in [-0.05, 0) is 37.1 Å². The van der Waals surface area contributed by atoms with Gasteiger partial charge < -0.3 is 0 Å². The van der Waals surface area contributed by atoms with Gasteiger partial charge in [0.25, 0.3) is 15.6 Å². The zero-order chi connectivity index (χ0) is 23.1. The maximum atomic E-state index is 13.1. The Labute approximate surface area is 176 Å². The summed E-state index contributed by atoms with van der Waals surface area (Å²) in [5.41, 5.74) is 0.0386. The average Bonchev–Trinajstić information content (AvgIpc) is 3.08. The summed E-state index contributed by atoms with van der Waals surface area (Å²) in [6.07, 6.45) is 2.13. The van der Waals surface area contributed by atoms with E-state index in [2.05, 4.69) is 5.10 Å². The Morgan fingerprint density at radius 2 is 1.84 bits per heavy atom. The Bertz CT molecular complexity index is 1440. The van der Waals surface area contributed by atoms with Crippen LogP contribution < -0.4 is 16.1 Å². The number of aromatic nitrogens is 4. The molecule has 0 aliphatic heterocycles. The third-order valence-electron chi connectivity index (χ3n) is 4.69. The van der Waals surface area contributed by atoms with Gasteiger partial charge in [-0.15, -0.1) is 0 Å². The zero-order valence-electron chi connectivity index (χ0n) is 17.4. The van der Waals surface area contributed by atoms with Gasteiger partial charge in [0.2, 0.25) is 5.91 Å². The van der Waals surface area contributed by atoms with Crippen molar-refractivity contribution in [2.24, 2.45) is 7.05 Å². The molecule has 31 heavy (non-hydrogen) atoms. The standard InChI is InChI=1S/C19H21N5O6S/c1-5-13-8-17-15(9-14(13)16-6-7-20-22(16)4)18(27)24(19(28)23(17)12(3)26)21-31(29,30)10-11(2)25/h6-9,21H,5,10H2,1-4H3. The predicted molar refractivity (Wildman–Crippen MR) is 114 cm³/mol. The van der Waals surface area contributed by atoms with E-state index in [1.54, 1.807) is 30.1 Å². The highest BCUT2D eigenvalue weighted by Gasteiger charge is 2.22. The molecule has 1 aromatic carbocycles. The van der Waals surface area contributed by atoms with Crippen molar-refractivity contribution in [3.05, 3.63) is 50.8 Å². The van der Waals surface area contributed by atoms with E-state index in [1.165, 1.54) is 6.07 Å². The van der Waals surface area contributed by atoms with E-state index in [0.29, 0.717) is 17.7 Å². The van der Waals surface area contributed by atoms with Gasteiger partial charge in [-0.25, -0.2) is 22.6 Å². The van der Waals surface area contributed by atoms with Crippen molar-refractivity contribution in [2.45, 2.75) is 27.2 Å². The van der Waals surface area contributed by atoms with Crippen molar-refractivity contribution >= 4 is 32.6 Å². The molecule has 0 atom stereocenters. The molecular weight excluding hydrogens is 426 g/mol. The van der Waals surface area contributed by atoms with Crippen molar-refractivity contribution in [2.75, 3.05) is 10.6 Å². The molecule has 164 valence electrons. The van der Waals surface area contributed by atoms with Crippen LogP contribution in [0.4, 0.5) is 0 Å². The Kier molecular flexibility index (Phi) is 5.68. The number of Topliss-reactive ketones (excluding diaryl/α,β-unsaturated/α-hetero) is 1. The van der Waals surface area contributed by atoms with Crippen molar-refractivity contribution in [3.8, 4) is 11.3 Å². The number of rotatable bonds is 6. The van der Waals surface area contributed by atoms with Crippen LogP contribution in [-0.4, -0.2) is 44.9 Å². The molecule has 0 bridgehead atoms. The topological polar surface area (TPSA) is 142 Å². The molecule has 0 amide bonds. The highest BCUT2D eigenvalue weighted by molar-refractivity contribution is 7.93. The summed E-state index contributed by atoms with van der Waals surface area (Å²) in [6.45, 7) is 4.07. The van der Waals surface area contributed by atoms with Gasteiger partial charge in [-0.1, -0.05) is 6.92 Å². The van der Waals surface area contributed by atoms with E-state index in [9.17, 15) is 27.6 Å². The smallest absolute Gasteiger partial charge is 0.299 e. The molecular formula is C19H21N5O6S. The summed E-state index contributed by atoms with van der Waals surface area (Å²) in [7, 11) is -2.61. The summed E-state index contributed by atoms with van der Waals surface area (Å²) >= 11 is 0. The lowest BCUT2D eigenvalue weighted by molar-refractivity contribution is -0.114. The normalized spacial score (nSPS) is 11.6. The van der Waals surface area contributed by atoms with Crippen molar-refractivity contribution < 1.29 is 18.0 Å². The molecule has 0 radical (unpaired) electrons. The largest absolute Gasteiger partial charge is 0.358 e. The minimum Gasteiger partial charge on any atom is -0.299 e. The lowest BCUT2D eigenvalue weighted by atomic mass is 9.99. The number of carbonyl (C=O) groups excluding carboxylic acids is 2. The van der Waals surface area contributed by atoms with E-state index in [4.69, 9.17) is 0 Å². The van der Waals surface area contributed by atoms with E-state index < -0.39 is 38.7 Å². The monoisotopic (exact) mass is 447 g/mol. The second kappa shape index (κ2) is 7.95. The van der Waals surface area contributed by atoms with E-state index >= 15 is 0 Å². The number of hydrogen-bond donors (Lipinski definition) is 1. The summed E-state index contributed by atoms with van der Waals surface area (Å²) in [5, 5.41) is 4.08. The fourth-order valence-electron chi connectivity index (χ4n) is 3.39. The van der Waals surface area contributed by atoms with Gasteiger partial charge in [0.15, 0.2) is 0 Å². The predicted octanol–water partition coefficient (Wildman–Crippen LogP) is 0.248. The number of carbonyl (C=O) groups is 2. The van der Waals surface area contributed by atoms with Crippen LogP contribution in [0.3, 0.4) is 0 Å². The Hall–Kier alpha value is -3.54. The molecule has 0 saturated carbocycles. The molecule has 0 aliphatic carbocycles. The quantitative estimate of drug-likeness (QED) is 0.571. The molecule has 0 saturated heterocycles. The van der Waals surface area contributed by atoms with Crippen molar-refractivity contribution in [1.82, 2.24) is 19.0 Å². The maximum absolute atomic E-state index is 13.1. The lowest BCUT2D eigenvalue weighted by Gasteiger charge is -2.16. The molecule has 3 rings (SSSR count). The number of benzene rings is 1. The number of aryl methyl sites for hydroxylation is 2. The molecule has 11 nitrogen and oxygen atoms in total. The fourth-order valence-corrected chi connectivity index (χ4v) is 4.43. The summed E-state index contributed by atoms with van der Waals surface area (Å²) in [5.74, 6) is -2.31. The lowest BCUT2D eigenvalue weighted by Crippen LogP contribution is -2.48. The Morgan fingerprint density at radius 1 is 1.16 bits per heavy atom. The van der Waals surface area contributed by atoms with Crippen LogP contribution >= 0.6 is 0 Å². The first-order chi connectivity index (χ1) is 14.5. The first kappa shape index (κ1) is 22.2. The van der Waals surface area contributed by atoms with Crippen LogP contribution in [0.5, 0.6) is 0 Å². The Morgan fingerprint density at radius 3 is 2.35 bits per heavy atom.